The van der Waals surface area contributed by atoms with E-state index in [1.54, 1.807) is 0 Å². The third-order valence-corrected chi connectivity index (χ3v) is 2.64. The average molecular weight is 208 g/mol. The fraction of sp³-hybridized carbons (Fsp3) is 0.600. The number of H-pyrrole nitrogens is 1. The number of hydrogen-bond donors (Lipinski definition) is 3. The summed E-state index contributed by atoms with van der Waals surface area (Å²) in [6.07, 6.45) is 5.02. The lowest BCUT2D eigenvalue weighted by molar-refractivity contribution is 0.574. The van der Waals surface area contributed by atoms with Gasteiger partial charge in [0.15, 0.2) is 0 Å². The molecule has 0 aliphatic carbocycles. The quantitative estimate of drug-likeness (QED) is 0.666. The van der Waals surface area contributed by atoms with Crippen molar-refractivity contribution in [1.29, 1.82) is 0 Å². The first-order chi connectivity index (χ1) is 7.34. The van der Waals surface area contributed by atoms with Gasteiger partial charge in [0, 0.05) is 18.7 Å². The molecule has 1 aromatic heterocycles. The largest absolute Gasteiger partial charge is 0.370 e. The van der Waals surface area contributed by atoms with Crippen LogP contribution in [-0.2, 0) is 0 Å². The third kappa shape index (κ3) is 3.06. The molecule has 1 atom stereocenters. The topological polar surface area (TPSA) is 69.8 Å². The zero-order valence-corrected chi connectivity index (χ0v) is 8.62. The summed E-state index contributed by atoms with van der Waals surface area (Å²) in [6.45, 7) is 1.99. The Bertz CT molecular complexity index is 356. The normalized spacial score (nSPS) is 20.4. The van der Waals surface area contributed by atoms with E-state index < -0.39 is 0 Å². The van der Waals surface area contributed by atoms with Crippen LogP contribution in [0.2, 0.25) is 0 Å². The number of anilines is 1. The van der Waals surface area contributed by atoms with E-state index in [0.717, 1.165) is 19.5 Å². The summed E-state index contributed by atoms with van der Waals surface area (Å²) in [7, 11) is 0. The molecule has 82 valence electrons. The number of nitrogens with one attached hydrogen (secondary N) is 3. The standard InChI is InChI=1S/C10H16N4O/c15-10-6-9(13-7-14-10)12-5-3-8-2-1-4-11-8/h6-8,11H,1-5H2,(H2,12,13,14,15). The first-order valence-corrected chi connectivity index (χ1v) is 5.36. The van der Waals surface area contributed by atoms with E-state index in [1.807, 2.05) is 0 Å². The predicted octanol–water partition coefficient (Wildman–Crippen LogP) is 0.324. The van der Waals surface area contributed by atoms with Gasteiger partial charge in [-0.25, -0.2) is 4.98 Å². The van der Waals surface area contributed by atoms with Crippen molar-refractivity contribution in [1.82, 2.24) is 15.3 Å². The minimum absolute atomic E-state index is 0.119. The maximum atomic E-state index is 11.0. The molecule has 1 saturated heterocycles. The molecule has 1 fully saturated rings. The number of hydrogen-bond acceptors (Lipinski definition) is 4. The second kappa shape index (κ2) is 4.93. The molecule has 1 aliphatic rings. The Labute approximate surface area is 88.3 Å². The Morgan fingerprint density at radius 2 is 2.53 bits per heavy atom. The van der Waals surface area contributed by atoms with Gasteiger partial charge in [-0.05, 0) is 25.8 Å². The van der Waals surface area contributed by atoms with E-state index in [0.29, 0.717) is 11.9 Å². The van der Waals surface area contributed by atoms with Crippen LogP contribution in [0.15, 0.2) is 17.2 Å². The van der Waals surface area contributed by atoms with E-state index in [4.69, 9.17) is 0 Å². The fourth-order valence-corrected chi connectivity index (χ4v) is 1.84. The molecule has 2 heterocycles. The van der Waals surface area contributed by atoms with Crippen molar-refractivity contribution in [2.24, 2.45) is 0 Å². The van der Waals surface area contributed by atoms with Crippen molar-refractivity contribution >= 4 is 5.82 Å². The van der Waals surface area contributed by atoms with E-state index in [1.165, 1.54) is 25.2 Å². The highest BCUT2D eigenvalue weighted by Gasteiger charge is 2.12. The smallest absolute Gasteiger partial charge is 0.252 e. The highest BCUT2D eigenvalue weighted by Crippen LogP contribution is 2.08. The minimum atomic E-state index is -0.119. The molecule has 1 aliphatic heterocycles. The molecule has 5 heteroatoms. The van der Waals surface area contributed by atoms with Gasteiger partial charge in [-0.1, -0.05) is 0 Å². The van der Waals surface area contributed by atoms with Crippen LogP contribution in [0.1, 0.15) is 19.3 Å². The first kappa shape index (κ1) is 10.2. The Morgan fingerprint density at radius 1 is 1.60 bits per heavy atom. The van der Waals surface area contributed by atoms with Gasteiger partial charge in [0.25, 0.3) is 5.56 Å². The molecule has 15 heavy (non-hydrogen) atoms. The minimum Gasteiger partial charge on any atom is -0.370 e. The molecule has 0 amide bonds. The van der Waals surface area contributed by atoms with Crippen LogP contribution in [0.5, 0.6) is 0 Å². The van der Waals surface area contributed by atoms with E-state index >= 15 is 0 Å². The molecular weight excluding hydrogens is 192 g/mol. The predicted molar refractivity (Wildman–Crippen MR) is 59.0 cm³/mol. The van der Waals surface area contributed by atoms with Crippen LogP contribution < -0.4 is 16.2 Å². The summed E-state index contributed by atoms with van der Waals surface area (Å²) in [4.78, 5) is 17.5. The molecule has 1 aromatic rings. The molecule has 2 rings (SSSR count). The lowest BCUT2D eigenvalue weighted by Crippen LogP contribution is -2.24. The molecule has 0 aromatic carbocycles. The molecular formula is C10H16N4O. The third-order valence-electron chi connectivity index (χ3n) is 2.64. The average Bonchev–Trinajstić information content (AvgIpc) is 2.71. The van der Waals surface area contributed by atoms with E-state index in [-0.39, 0.29) is 5.56 Å². The van der Waals surface area contributed by atoms with Crippen molar-refractivity contribution in [3.8, 4) is 0 Å². The molecule has 0 bridgehead atoms. The van der Waals surface area contributed by atoms with Gasteiger partial charge >= 0.3 is 0 Å². The van der Waals surface area contributed by atoms with Crippen LogP contribution in [0, 0.1) is 0 Å². The molecule has 1 unspecified atom stereocenters. The van der Waals surface area contributed by atoms with Crippen LogP contribution in [0.25, 0.3) is 0 Å². The summed E-state index contributed by atoms with van der Waals surface area (Å²) in [5, 5.41) is 6.57. The van der Waals surface area contributed by atoms with E-state index in [2.05, 4.69) is 20.6 Å². The van der Waals surface area contributed by atoms with E-state index in [9.17, 15) is 4.79 Å². The van der Waals surface area contributed by atoms with Crippen LogP contribution in [-0.4, -0.2) is 29.1 Å². The van der Waals surface area contributed by atoms with Gasteiger partial charge < -0.3 is 15.6 Å². The Morgan fingerprint density at radius 3 is 3.27 bits per heavy atom. The summed E-state index contributed by atoms with van der Waals surface area (Å²) in [5.41, 5.74) is -0.119. The summed E-state index contributed by atoms with van der Waals surface area (Å²) >= 11 is 0. The SMILES string of the molecule is O=c1cc(NCCC2CCCN2)nc[nH]1. The Hall–Kier alpha value is -1.36. The van der Waals surface area contributed by atoms with Crippen molar-refractivity contribution < 1.29 is 0 Å². The van der Waals surface area contributed by atoms with Gasteiger partial charge in [0.2, 0.25) is 0 Å². The molecule has 3 N–H and O–H groups in total. The van der Waals surface area contributed by atoms with Gasteiger partial charge in [-0.15, -0.1) is 0 Å². The maximum absolute atomic E-state index is 11.0. The summed E-state index contributed by atoms with van der Waals surface area (Å²) in [6, 6.07) is 2.10. The second-order valence-corrected chi connectivity index (χ2v) is 3.81. The van der Waals surface area contributed by atoms with Crippen molar-refractivity contribution in [3.05, 3.63) is 22.7 Å². The fourth-order valence-electron chi connectivity index (χ4n) is 1.84. The Balaban J connectivity index is 1.75. The van der Waals surface area contributed by atoms with Crippen molar-refractivity contribution in [2.45, 2.75) is 25.3 Å². The van der Waals surface area contributed by atoms with Crippen molar-refractivity contribution in [3.63, 3.8) is 0 Å². The monoisotopic (exact) mass is 208 g/mol. The van der Waals surface area contributed by atoms with Gasteiger partial charge in [0.05, 0.1) is 6.33 Å². The van der Waals surface area contributed by atoms with Crippen LogP contribution in [0.4, 0.5) is 5.82 Å². The lowest BCUT2D eigenvalue weighted by Gasteiger charge is -2.10. The highest BCUT2D eigenvalue weighted by molar-refractivity contribution is 5.31. The summed E-state index contributed by atoms with van der Waals surface area (Å²) < 4.78 is 0. The Kier molecular flexibility index (Phi) is 3.34. The molecule has 5 nitrogen and oxygen atoms in total. The zero-order valence-electron chi connectivity index (χ0n) is 8.62. The zero-order chi connectivity index (χ0) is 10.5. The van der Waals surface area contributed by atoms with Crippen LogP contribution in [0.3, 0.4) is 0 Å². The maximum Gasteiger partial charge on any atom is 0.252 e. The number of aromatic nitrogens is 2. The molecule has 0 saturated carbocycles. The number of rotatable bonds is 4. The second-order valence-electron chi connectivity index (χ2n) is 3.81. The number of aromatic amines is 1. The van der Waals surface area contributed by atoms with Gasteiger partial charge in [-0.3, -0.25) is 4.79 Å². The van der Waals surface area contributed by atoms with Crippen LogP contribution >= 0.6 is 0 Å². The lowest BCUT2D eigenvalue weighted by atomic mass is 10.1. The summed E-state index contributed by atoms with van der Waals surface area (Å²) in [5.74, 6) is 0.650. The van der Waals surface area contributed by atoms with Crippen molar-refractivity contribution in [2.75, 3.05) is 18.4 Å². The highest BCUT2D eigenvalue weighted by atomic mass is 16.1. The molecule has 0 radical (unpaired) electrons. The number of nitrogens with zero attached hydrogens (tertiary/aromatic N) is 1. The van der Waals surface area contributed by atoms with Gasteiger partial charge in [0.1, 0.15) is 5.82 Å². The first-order valence-electron chi connectivity index (χ1n) is 5.36. The van der Waals surface area contributed by atoms with Gasteiger partial charge in [-0.2, -0.15) is 0 Å². The molecule has 0 spiro atoms.